The van der Waals surface area contributed by atoms with Gasteiger partial charge in [0, 0.05) is 6.07 Å². The summed E-state index contributed by atoms with van der Waals surface area (Å²) in [5, 5.41) is 18.9. The predicted octanol–water partition coefficient (Wildman–Crippen LogP) is 2.50. The molecule has 0 aliphatic heterocycles. The lowest BCUT2D eigenvalue weighted by atomic mass is 10.1. The quantitative estimate of drug-likeness (QED) is 0.615. The Balaban J connectivity index is 3.25. The van der Waals surface area contributed by atoms with E-state index in [0.717, 1.165) is 0 Å². The summed E-state index contributed by atoms with van der Waals surface area (Å²) in [5.41, 5.74) is -2.10. The summed E-state index contributed by atoms with van der Waals surface area (Å²) in [5.74, 6) is 0. The molecule has 7 heteroatoms. The zero-order chi connectivity index (χ0) is 11.6. The van der Waals surface area contributed by atoms with Crippen LogP contribution >= 0.6 is 0 Å². The van der Waals surface area contributed by atoms with Crippen LogP contribution in [0.5, 0.6) is 0 Å². The van der Waals surface area contributed by atoms with Crippen molar-refractivity contribution in [2.45, 2.75) is 6.18 Å². The molecule has 1 rings (SSSR count). The molecule has 4 nitrogen and oxygen atoms in total. The van der Waals surface area contributed by atoms with Crippen LogP contribution in [0.4, 0.5) is 18.9 Å². The molecule has 0 amide bonds. The number of aliphatic hydroxyl groups excluding tert-OH is 1. The third kappa shape index (κ3) is 2.44. The highest BCUT2D eigenvalue weighted by Crippen LogP contribution is 2.32. The Bertz CT molecular complexity index is 389. The third-order valence-electron chi connectivity index (χ3n) is 1.69. The average Bonchev–Trinajstić information content (AvgIpc) is 2.15. The van der Waals surface area contributed by atoms with Crippen LogP contribution in [-0.4, -0.2) is 10.0 Å². The maximum absolute atomic E-state index is 12.2. The molecule has 0 aliphatic rings. The van der Waals surface area contributed by atoms with E-state index in [1.807, 2.05) is 0 Å². The summed E-state index contributed by atoms with van der Waals surface area (Å²) in [6.45, 7) is 0.271. The number of hydrogen-bond donors (Lipinski definition) is 1. The van der Waals surface area contributed by atoms with Crippen molar-refractivity contribution in [1.29, 1.82) is 0 Å². The van der Waals surface area contributed by atoms with Gasteiger partial charge in [0.1, 0.15) is 6.61 Å². The average molecular weight is 220 g/mol. The number of nitro benzene ring substituents is 1. The summed E-state index contributed by atoms with van der Waals surface area (Å²) in [6, 6.07) is 1.80. The molecule has 15 heavy (non-hydrogen) atoms. The van der Waals surface area contributed by atoms with E-state index < -0.39 is 27.9 Å². The number of benzene rings is 1. The second-order valence-electron chi connectivity index (χ2n) is 2.66. The van der Waals surface area contributed by atoms with E-state index in [0.29, 0.717) is 18.2 Å². The minimum absolute atomic E-state index is 0.271. The molecule has 1 aromatic rings. The molecular formula is C8H5F3NO3. The Morgan fingerprint density at radius 1 is 1.40 bits per heavy atom. The second-order valence-corrected chi connectivity index (χ2v) is 2.66. The highest BCUT2D eigenvalue weighted by atomic mass is 19.4. The summed E-state index contributed by atoms with van der Waals surface area (Å²) in [7, 11) is 0. The number of nitro groups is 1. The van der Waals surface area contributed by atoms with E-state index in [1.54, 1.807) is 0 Å². The largest absolute Gasteiger partial charge is 0.416 e. The van der Waals surface area contributed by atoms with Crippen LogP contribution in [0.1, 0.15) is 11.1 Å². The molecule has 0 aromatic heterocycles. The van der Waals surface area contributed by atoms with Gasteiger partial charge in [-0.15, -0.1) is 0 Å². The fraction of sp³-hybridized carbons (Fsp3) is 0.125. The van der Waals surface area contributed by atoms with Crippen LogP contribution in [-0.2, 0) is 6.18 Å². The van der Waals surface area contributed by atoms with Gasteiger partial charge in [-0.25, -0.2) is 0 Å². The van der Waals surface area contributed by atoms with Gasteiger partial charge in [-0.05, 0) is 12.1 Å². The Kier molecular flexibility index (Phi) is 2.94. The van der Waals surface area contributed by atoms with Crippen molar-refractivity contribution < 1.29 is 23.2 Å². The molecule has 81 valence electrons. The van der Waals surface area contributed by atoms with Gasteiger partial charge in [-0.2, -0.15) is 13.2 Å². The first-order chi connectivity index (χ1) is 6.86. The van der Waals surface area contributed by atoms with Crippen LogP contribution in [0.25, 0.3) is 0 Å². The molecule has 0 unspecified atom stereocenters. The summed E-state index contributed by atoms with van der Waals surface area (Å²) in [6.07, 6.45) is -4.59. The summed E-state index contributed by atoms with van der Waals surface area (Å²) < 4.78 is 36.5. The molecule has 0 aliphatic carbocycles. The molecule has 0 bridgehead atoms. The van der Waals surface area contributed by atoms with E-state index in [4.69, 9.17) is 5.11 Å². The lowest BCUT2D eigenvalue weighted by Crippen LogP contribution is -2.06. The van der Waals surface area contributed by atoms with Gasteiger partial charge in [-0.3, -0.25) is 10.1 Å². The fourth-order valence-electron chi connectivity index (χ4n) is 1.00. The molecule has 0 spiro atoms. The van der Waals surface area contributed by atoms with E-state index in [9.17, 15) is 23.3 Å². The number of alkyl halides is 3. The number of aliphatic hydroxyl groups is 1. The molecule has 1 N–H and O–H groups in total. The van der Waals surface area contributed by atoms with Crippen molar-refractivity contribution in [2.75, 3.05) is 0 Å². The topological polar surface area (TPSA) is 63.4 Å². The van der Waals surface area contributed by atoms with Crippen molar-refractivity contribution in [2.24, 2.45) is 0 Å². The number of nitrogens with zero attached hydrogens (tertiary/aromatic N) is 1. The maximum atomic E-state index is 12.2. The molecular weight excluding hydrogens is 215 g/mol. The fourth-order valence-corrected chi connectivity index (χ4v) is 1.00. The summed E-state index contributed by atoms with van der Waals surface area (Å²) >= 11 is 0. The van der Waals surface area contributed by atoms with Crippen molar-refractivity contribution >= 4 is 5.69 Å². The van der Waals surface area contributed by atoms with Crippen LogP contribution < -0.4 is 0 Å². The number of rotatable bonds is 2. The van der Waals surface area contributed by atoms with Crippen molar-refractivity contribution in [3.8, 4) is 0 Å². The second kappa shape index (κ2) is 3.85. The first-order valence-electron chi connectivity index (χ1n) is 3.69. The molecule has 0 atom stereocenters. The van der Waals surface area contributed by atoms with E-state index in [1.165, 1.54) is 0 Å². The van der Waals surface area contributed by atoms with Crippen LogP contribution in [0, 0.1) is 16.7 Å². The molecule has 0 saturated carbocycles. The van der Waals surface area contributed by atoms with Gasteiger partial charge >= 0.3 is 6.18 Å². The van der Waals surface area contributed by atoms with Gasteiger partial charge in [0.15, 0.2) is 0 Å². The standard InChI is InChI=1S/C8H5F3NO3/c9-8(10,11)6-1-2-7(12(14)15)5(3-6)4-13/h1-4,13H. The monoisotopic (exact) mass is 220 g/mol. The van der Waals surface area contributed by atoms with E-state index in [2.05, 4.69) is 0 Å². The molecule has 0 saturated heterocycles. The minimum Gasteiger partial charge on any atom is -0.385 e. The van der Waals surface area contributed by atoms with Gasteiger partial charge in [0.05, 0.1) is 16.1 Å². The SMILES string of the molecule is O=[N+]([O-])c1ccc(C(F)(F)F)cc1[CH]O. The molecule has 1 radical (unpaired) electrons. The number of hydrogen-bond acceptors (Lipinski definition) is 3. The molecule has 0 heterocycles. The van der Waals surface area contributed by atoms with E-state index in [-0.39, 0.29) is 6.61 Å². The number of halogens is 3. The Hall–Kier alpha value is -1.63. The normalized spacial score (nSPS) is 11.5. The third-order valence-corrected chi connectivity index (χ3v) is 1.69. The Morgan fingerprint density at radius 2 is 2.00 bits per heavy atom. The lowest BCUT2D eigenvalue weighted by Gasteiger charge is -2.07. The van der Waals surface area contributed by atoms with Crippen LogP contribution in [0.2, 0.25) is 0 Å². The highest BCUT2D eigenvalue weighted by molar-refractivity contribution is 5.46. The smallest absolute Gasteiger partial charge is 0.385 e. The van der Waals surface area contributed by atoms with Gasteiger partial charge < -0.3 is 5.11 Å². The first kappa shape index (κ1) is 11.4. The lowest BCUT2D eigenvalue weighted by molar-refractivity contribution is -0.385. The first-order valence-corrected chi connectivity index (χ1v) is 3.69. The van der Waals surface area contributed by atoms with Gasteiger partial charge in [-0.1, -0.05) is 0 Å². The molecule has 1 aromatic carbocycles. The van der Waals surface area contributed by atoms with E-state index >= 15 is 0 Å². The van der Waals surface area contributed by atoms with Crippen LogP contribution in [0.3, 0.4) is 0 Å². The molecule has 0 fully saturated rings. The summed E-state index contributed by atoms with van der Waals surface area (Å²) in [4.78, 5) is 9.46. The Labute approximate surface area is 82.1 Å². The van der Waals surface area contributed by atoms with Crippen molar-refractivity contribution in [3.05, 3.63) is 46.0 Å². The van der Waals surface area contributed by atoms with Gasteiger partial charge in [0.2, 0.25) is 0 Å². The van der Waals surface area contributed by atoms with Crippen LogP contribution in [0.15, 0.2) is 18.2 Å². The highest BCUT2D eigenvalue weighted by Gasteiger charge is 2.32. The zero-order valence-corrected chi connectivity index (χ0v) is 7.15. The van der Waals surface area contributed by atoms with Crippen molar-refractivity contribution in [3.63, 3.8) is 0 Å². The predicted molar refractivity (Wildman–Crippen MR) is 43.4 cm³/mol. The van der Waals surface area contributed by atoms with Gasteiger partial charge in [0.25, 0.3) is 5.69 Å². The zero-order valence-electron chi connectivity index (χ0n) is 7.15. The Morgan fingerprint density at radius 3 is 2.40 bits per heavy atom. The maximum Gasteiger partial charge on any atom is 0.416 e. The van der Waals surface area contributed by atoms with Crippen molar-refractivity contribution in [1.82, 2.24) is 0 Å². The minimum atomic E-state index is -4.59.